The predicted molar refractivity (Wildman–Crippen MR) is 90.2 cm³/mol. The van der Waals surface area contributed by atoms with Crippen LogP contribution in [0.2, 0.25) is 0 Å². The van der Waals surface area contributed by atoms with E-state index in [0.29, 0.717) is 26.2 Å². The first-order valence-corrected chi connectivity index (χ1v) is 8.73. The number of piperazine rings is 1. The SMILES string of the molecule is O=C(CN1CCN(Cc2ccc(F)cc2)C(=O)C1)NCC1CCCO1. The average Bonchev–Trinajstić information content (AvgIpc) is 3.11. The minimum absolute atomic E-state index is 0.0116. The van der Waals surface area contributed by atoms with Crippen LogP contribution in [0.5, 0.6) is 0 Å². The Hall–Kier alpha value is -1.99. The van der Waals surface area contributed by atoms with Gasteiger partial charge in [0.15, 0.2) is 0 Å². The molecule has 1 atom stereocenters. The fourth-order valence-electron chi connectivity index (χ4n) is 3.16. The van der Waals surface area contributed by atoms with Crippen LogP contribution >= 0.6 is 0 Å². The molecule has 25 heavy (non-hydrogen) atoms. The third-order valence-electron chi connectivity index (χ3n) is 4.60. The molecule has 2 fully saturated rings. The molecule has 0 aromatic heterocycles. The minimum atomic E-state index is -0.283. The van der Waals surface area contributed by atoms with E-state index < -0.39 is 0 Å². The van der Waals surface area contributed by atoms with Crippen molar-refractivity contribution in [2.75, 3.05) is 39.3 Å². The summed E-state index contributed by atoms with van der Waals surface area (Å²) in [5.41, 5.74) is 0.900. The molecular formula is C18H24FN3O3. The zero-order valence-corrected chi connectivity index (χ0v) is 14.2. The van der Waals surface area contributed by atoms with Crippen molar-refractivity contribution >= 4 is 11.8 Å². The van der Waals surface area contributed by atoms with Crippen LogP contribution in [0.1, 0.15) is 18.4 Å². The summed E-state index contributed by atoms with van der Waals surface area (Å²) in [7, 11) is 0. The topological polar surface area (TPSA) is 61.9 Å². The number of nitrogens with one attached hydrogen (secondary N) is 1. The van der Waals surface area contributed by atoms with Crippen molar-refractivity contribution in [1.82, 2.24) is 15.1 Å². The summed E-state index contributed by atoms with van der Waals surface area (Å²) < 4.78 is 18.4. The maximum atomic E-state index is 12.9. The van der Waals surface area contributed by atoms with Crippen LogP contribution < -0.4 is 5.32 Å². The van der Waals surface area contributed by atoms with Gasteiger partial charge in [-0.15, -0.1) is 0 Å². The Labute approximate surface area is 146 Å². The second-order valence-corrected chi connectivity index (χ2v) is 6.59. The van der Waals surface area contributed by atoms with Crippen molar-refractivity contribution in [1.29, 1.82) is 0 Å². The van der Waals surface area contributed by atoms with Gasteiger partial charge in [0.05, 0.1) is 19.2 Å². The number of hydrogen-bond acceptors (Lipinski definition) is 4. The maximum absolute atomic E-state index is 12.9. The van der Waals surface area contributed by atoms with Crippen molar-refractivity contribution in [3.63, 3.8) is 0 Å². The second kappa shape index (κ2) is 8.40. The Bertz CT molecular complexity index is 602. The zero-order valence-electron chi connectivity index (χ0n) is 14.2. The molecule has 2 aliphatic heterocycles. The molecule has 2 aliphatic rings. The molecule has 0 radical (unpaired) electrons. The summed E-state index contributed by atoms with van der Waals surface area (Å²) in [5.74, 6) is -0.369. The van der Waals surface area contributed by atoms with E-state index in [0.717, 1.165) is 25.0 Å². The third-order valence-corrected chi connectivity index (χ3v) is 4.60. The Kier molecular flexibility index (Phi) is 5.99. The van der Waals surface area contributed by atoms with E-state index in [1.54, 1.807) is 17.0 Å². The molecule has 1 unspecified atom stereocenters. The number of hydrogen-bond donors (Lipinski definition) is 1. The molecule has 1 aromatic rings. The van der Waals surface area contributed by atoms with Crippen LogP contribution in [0.15, 0.2) is 24.3 Å². The number of carbonyl (C=O) groups is 2. The van der Waals surface area contributed by atoms with E-state index in [2.05, 4.69) is 5.32 Å². The number of benzene rings is 1. The van der Waals surface area contributed by atoms with Crippen molar-refractivity contribution in [2.24, 2.45) is 0 Å². The van der Waals surface area contributed by atoms with Gasteiger partial charge in [-0.05, 0) is 30.5 Å². The molecule has 0 saturated carbocycles. The molecule has 1 N–H and O–H groups in total. The fourth-order valence-corrected chi connectivity index (χ4v) is 3.16. The average molecular weight is 349 g/mol. The number of halogens is 1. The van der Waals surface area contributed by atoms with Crippen molar-refractivity contribution in [3.05, 3.63) is 35.6 Å². The van der Waals surface area contributed by atoms with Crippen LogP contribution in [-0.2, 0) is 20.9 Å². The summed E-state index contributed by atoms with van der Waals surface area (Å²) in [6.45, 7) is 3.45. The summed E-state index contributed by atoms with van der Waals surface area (Å²) in [6, 6.07) is 6.17. The first-order valence-electron chi connectivity index (χ1n) is 8.73. The van der Waals surface area contributed by atoms with Crippen molar-refractivity contribution in [2.45, 2.75) is 25.5 Å². The lowest BCUT2D eigenvalue weighted by molar-refractivity contribution is -0.137. The highest BCUT2D eigenvalue weighted by molar-refractivity contribution is 5.82. The third kappa shape index (κ3) is 5.24. The second-order valence-electron chi connectivity index (χ2n) is 6.59. The lowest BCUT2D eigenvalue weighted by Gasteiger charge is -2.34. The number of nitrogens with zero attached hydrogens (tertiary/aromatic N) is 2. The monoisotopic (exact) mass is 349 g/mol. The smallest absolute Gasteiger partial charge is 0.237 e. The van der Waals surface area contributed by atoms with E-state index in [1.807, 2.05) is 4.90 Å². The van der Waals surface area contributed by atoms with Gasteiger partial charge in [0.1, 0.15) is 5.82 Å². The predicted octanol–water partition coefficient (Wildman–Crippen LogP) is 0.765. The molecule has 1 aromatic carbocycles. The van der Waals surface area contributed by atoms with Crippen LogP contribution in [0.3, 0.4) is 0 Å². The quantitative estimate of drug-likeness (QED) is 0.824. The maximum Gasteiger partial charge on any atom is 0.237 e. The standard InChI is InChI=1S/C18H24FN3O3/c19-15-5-3-14(4-6-15)11-22-8-7-21(13-18(22)24)12-17(23)20-10-16-2-1-9-25-16/h3-6,16H,1-2,7-13H2,(H,20,23). The van der Waals surface area contributed by atoms with Crippen LogP contribution in [0.25, 0.3) is 0 Å². The van der Waals surface area contributed by atoms with Gasteiger partial charge in [0.25, 0.3) is 0 Å². The van der Waals surface area contributed by atoms with Crippen molar-refractivity contribution in [3.8, 4) is 0 Å². The molecule has 2 saturated heterocycles. The fraction of sp³-hybridized carbons (Fsp3) is 0.556. The number of amides is 2. The van der Waals surface area contributed by atoms with Crippen molar-refractivity contribution < 1.29 is 18.7 Å². The molecule has 2 heterocycles. The Morgan fingerprint density at radius 1 is 1.28 bits per heavy atom. The first-order chi connectivity index (χ1) is 12.1. The summed E-state index contributed by atoms with van der Waals surface area (Å²) in [5, 5.41) is 2.88. The molecule has 136 valence electrons. The molecule has 2 amide bonds. The molecule has 6 nitrogen and oxygen atoms in total. The van der Waals surface area contributed by atoms with Crippen LogP contribution in [-0.4, -0.2) is 67.0 Å². The Morgan fingerprint density at radius 2 is 2.08 bits per heavy atom. The van der Waals surface area contributed by atoms with Gasteiger partial charge in [0, 0.05) is 32.8 Å². The summed E-state index contributed by atoms with van der Waals surface area (Å²) in [4.78, 5) is 27.9. The Balaban J connectivity index is 1.40. The molecule has 7 heteroatoms. The van der Waals surface area contributed by atoms with Gasteiger partial charge in [-0.2, -0.15) is 0 Å². The van der Waals surface area contributed by atoms with Gasteiger partial charge >= 0.3 is 0 Å². The Morgan fingerprint density at radius 3 is 2.76 bits per heavy atom. The molecule has 0 bridgehead atoms. The van der Waals surface area contributed by atoms with Gasteiger partial charge in [-0.25, -0.2) is 4.39 Å². The van der Waals surface area contributed by atoms with E-state index >= 15 is 0 Å². The summed E-state index contributed by atoms with van der Waals surface area (Å²) >= 11 is 0. The van der Waals surface area contributed by atoms with Gasteiger partial charge < -0.3 is 15.0 Å². The van der Waals surface area contributed by atoms with Gasteiger partial charge in [-0.3, -0.25) is 14.5 Å². The van der Waals surface area contributed by atoms with E-state index in [1.165, 1.54) is 12.1 Å². The van der Waals surface area contributed by atoms with Crippen LogP contribution in [0.4, 0.5) is 4.39 Å². The summed E-state index contributed by atoms with van der Waals surface area (Å²) in [6.07, 6.45) is 2.16. The molecular weight excluding hydrogens is 325 g/mol. The largest absolute Gasteiger partial charge is 0.376 e. The number of ether oxygens (including phenoxy) is 1. The lowest BCUT2D eigenvalue weighted by Crippen LogP contribution is -2.52. The normalized spacial score (nSPS) is 21.6. The molecule has 3 rings (SSSR count). The van der Waals surface area contributed by atoms with Gasteiger partial charge in [-0.1, -0.05) is 12.1 Å². The van der Waals surface area contributed by atoms with Gasteiger partial charge in [0.2, 0.25) is 11.8 Å². The molecule has 0 aliphatic carbocycles. The van der Waals surface area contributed by atoms with E-state index in [-0.39, 0.29) is 36.8 Å². The lowest BCUT2D eigenvalue weighted by atomic mass is 10.2. The minimum Gasteiger partial charge on any atom is -0.376 e. The van der Waals surface area contributed by atoms with E-state index in [9.17, 15) is 14.0 Å². The molecule has 0 spiro atoms. The first kappa shape index (κ1) is 17.8. The highest BCUT2D eigenvalue weighted by atomic mass is 19.1. The number of carbonyl (C=O) groups excluding carboxylic acids is 2. The zero-order chi connectivity index (χ0) is 17.6. The highest BCUT2D eigenvalue weighted by Gasteiger charge is 2.25. The number of rotatable bonds is 6. The van der Waals surface area contributed by atoms with E-state index in [4.69, 9.17) is 4.74 Å². The highest BCUT2D eigenvalue weighted by Crippen LogP contribution is 2.12. The van der Waals surface area contributed by atoms with Crippen LogP contribution in [0, 0.1) is 5.82 Å².